The molecule has 0 N–H and O–H groups in total. The van der Waals surface area contributed by atoms with Gasteiger partial charge in [0.1, 0.15) is 0 Å². The third-order valence-corrected chi connectivity index (χ3v) is 3.36. The summed E-state index contributed by atoms with van der Waals surface area (Å²) in [6.45, 7) is 2.43. The predicted octanol–water partition coefficient (Wildman–Crippen LogP) is 2.80. The molecule has 1 aliphatic rings. The molecule has 0 spiro atoms. The number of anilines is 1. The smallest absolute Gasteiger partial charge is 0.0399 e. The van der Waals surface area contributed by atoms with Crippen molar-refractivity contribution in [2.45, 2.75) is 12.8 Å². The molecule has 0 bridgehead atoms. The van der Waals surface area contributed by atoms with Gasteiger partial charge in [-0.2, -0.15) is 11.8 Å². The molecule has 2 heteroatoms. The van der Waals surface area contributed by atoms with Crippen molar-refractivity contribution in [1.29, 1.82) is 0 Å². The first-order valence-corrected chi connectivity index (χ1v) is 6.63. The molecule has 14 heavy (non-hydrogen) atoms. The standard InChI is InChI=1S/C12H17NS/c1-14-10-9-13-8-4-6-11-5-2-3-7-12(11)13/h2-3,5,7H,4,6,8-10H2,1H3. The van der Waals surface area contributed by atoms with Gasteiger partial charge in [-0.25, -0.2) is 0 Å². The van der Waals surface area contributed by atoms with Gasteiger partial charge in [-0.3, -0.25) is 0 Å². The number of thioether (sulfide) groups is 1. The summed E-state index contributed by atoms with van der Waals surface area (Å²) in [4.78, 5) is 2.52. The van der Waals surface area contributed by atoms with Crippen LogP contribution in [0, 0.1) is 0 Å². The second kappa shape index (κ2) is 4.74. The lowest BCUT2D eigenvalue weighted by molar-refractivity contribution is 0.710. The van der Waals surface area contributed by atoms with Crippen molar-refractivity contribution in [2.24, 2.45) is 0 Å². The number of nitrogens with zero attached hydrogens (tertiary/aromatic N) is 1. The first-order chi connectivity index (χ1) is 6.92. The van der Waals surface area contributed by atoms with Crippen molar-refractivity contribution in [3.05, 3.63) is 29.8 Å². The molecule has 1 aromatic carbocycles. The maximum absolute atomic E-state index is 2.52. The van der Waals surface area contributed by atoms with Crippen LogP contribution in [0.25, 0.3) is 0 Å². The number of para-hydroxylation sites is 1. The highest BCUT2D eigenvalue weighted by molar-refractivity contribution is 7.98. The van der Waals surface area contributed by atoms with Crippen molar-refractivity contribution in [2.75, 3.05) is 30.0 Å². The summed E-state index contributed by atoms with van der Waals surface area (Å²) in [7, 11) is 0. The highest BCUT2D eigenvalue weighted by Crippen LogP contribution is 2.26. The molecule has 76 valence electrons. The number of aryl methyl sites for hydroxylation is 1. The van der Waals surface area contributed by atoms with E-state index >= 15 is 0 Å². The minimum atomic E-state index is 1.19. The summed E-state index contributed by atoms with van der Waals surface area (Å²) in [6, 6.07) is 8.82. The molecule has 0 radical (unpaired) electrons. The Labute approximate surface area is 90.5 Å². The van der Waals surface area contributed by atoms with Crippen molar-refractivity contribution in [3.63, 3.8) is 0 Å². The molecule has 0 aliphatic carbocycles. The molecule has 1 heterocycles. The van der Waals surface area contributed by atoms with Gasteiger partial charge in [0, 0.05) is 24.5 Å². The summed E-state index contributed by atoms with van der Waals surface area (Å²) in [5, 5.41) is 0. The molecule has 0 aromatic heterocycles. The van der Waals surface area contributed by atoms with Gasteiger partial charge >= 0.3 is 0 Å². The molecule has 0 saturated carbocycles. The van der Waals surface area contributed by atoms with Crippen LogP contribution in [-0.4, -0.2) is 25.1 Å². The maximum atomic E-state index is 2.52. The van der Waals surface area contributed by atoms with Crippen LogP contribution < -0.4 is 4.90 Å². The Morgan fingerprint density at radius 2 is 2.21 bits per heavy atom. The summed E-state index contributed by atoms with van der Waals surface area (Å²) in [5.74, 6) is 1.23. The first-order valence-electron chi connectivity index (χ1n) is 5.23. The van der Waals surface area contributed by atoms with Crippen LogP contribution >= 0.6 is 11.8 Å². The summed E-state index contributed by atoms with van der Waals surface area (Å²) in [6.07, 6.45) is 4.74. The van der Waals surface area contributed by atoms with E-state index in [0.717, 1.165) is 0 Å². The van der Waals surface area contributed by atoms with E-state index in [9.17, 15) is 0 Å². The molecule has 0 atom stereocenters. The lowest BCUT2D eigenvalue weighted by atomic mass is 10.0. The predicted molar refractivity (Wildman–Crippen MR) is 65.4 cm³/mol. The van der Waals surface area contributed by atoms with Crippen LogP contribution in [0.1, 0.15) is 12.0 Å². The lowest BCUT2D eigenvalue weighted by Crippen LogP contribution is -2.31. The molecule has 1 aliphatic heterocycles. The normalized spacial score (nSPS) is 15.4. The highest BCUT2D eigenvalue weighted by atomic mass is 32.2. The Kier molecular flexibility index (Phi) is 3.35. The average molecular weight is 207 g/mol. The van der Waals surface area contributed by atoms with Gasteiger partial charge in [0.2, 0.25) is 0 Å². The number of fused-ring (bicyclic) bond motifs is 1. The summed E-state index contributed by atoms with van der Waals surface area (Å²) < 4.78 is 0. The average Bonchev–Trinajstić information content (AvgIpc) is 2.26. The van der Waals surface area contributed by atoms with Crippen LogP contribution in [-0.2, 0) is 6.42 Å². The van der Waals surface area contributed by atoms with E-state index in [2.05, 4.69) is 35.4 Å². The fourth-order valence-corrected chi connectivity index (χ4v) is 2.45. The van der Waals surface area contributed by atoms with Gasteiger partial charge in [0.05, 0.1) is 0 Å². The van der Waals surface area contributed by atoms with Gasteiger partial charge in [-0.1, -0.05) is 18.2 Å². The van der Waals surface area contributed by atoms with Gasteiger partial charge in [0.25, 0.3) is 0 Å². The first kappa shape index (κ1) is 9.91. The van der Waals surface area contributed by atoms with E-state index < -0.39 is 0 Å². The Balaban J connectivity index is 2.14. The maximum Gasteiger partial charge on any atom is 0.0399 e. The van der Waals surface area contributed by atoms with Crippen LogP contribution in [0.3, 0.4) is 0 Å². The minimum Gasteiger partial charge on any atom is -0.370 e. The van der Waals surface area contributed by atoms with Crippen LogP contribution in [0.4, 0.5) is 5.69 Å². The van der Waals surface area contributed by atoms with Crippen LogP contribution in [0.5, 0.6) is 0 Å². The number of hydrogen-bond donors (Lipinski definition) is 0. The second-order valence-electron chi connectivity index (χ2n) is 3.71. The lowest BCUT2D eigenvalue weighted by Gasteiger charge is -2.31. The van der Waals surface area contributed by atoms with Crippen molar-refractivity contribution >= 4 is 17.4 Å². The quantitative estimate of drug-likeness (QED) is 0.750. The zero-order valence-electron chi connectivity index (χ0n) is 8.70. The van der Waals surface area contributed by atoms with Crippen LogP contribution in [0.2, 0.25) is 0 Å². The molecule has 1 nitrogen and oxygen atoms in total. The molecule has 0 fully saturated rings. The van der Waals surface area contributed by atoms with Crippen molar-refractivity contribution < 1.29 is 0 Å². The zero-order valence-corrected chi connectivity index (χ0v) is 9.52. The Bertz CT molecular complexity index is 298. The Hall–Kier alpha value is -0.630. The SMILES string of the molecule is CSCCN1CCCc2ccccc21. The molecular weight excluding hydrogens is 190 g/mol. The van der Waals surface area contributed by atoms with E-state index in [1.165, 1.54) is 42.9 Å². The topological polar surface area (TPSA) is 3.24 Å². The number of hydrogen-bond acceptors (Lipinski definition) is 2. The summed E-state index contributed by atoms with van der Waals surface area (Å²) in [5.41, 5.74) is 2.99. The fourth-order valence-electron chi connectivity index (χ4n) is 2.05. The van der Waals surface area contributed by atoms with Crippen LogP contribution in [0.15, 0.2) is 24.3 Å². The zero-order chi connectivity index (χ0) is 9.80. The number of rotatable bonds is 3. The van der Waals surface area contributed by atoms with Gasteiger partial charge < -0.3 is 4.90 Å². The molecule has 0 amide bonds. The van der Waals surface area contributed by atoms with E-state index in [-0.39, 0.29) is 0 Å². The Morgan fingerprint density at radius 3 is 3.07 bits per heavy atom. The third kappa shape index (κ3) is 2.06. The monoisotopic (exact) mass is 207 g/mol. The number of benzene rings is 1. The molecular formula is C12H17NS. The fraction of sp³-hybridized carbons (Fsp3) is 0.500. The third-order valence-electron chi connectivity index (χ3n) is 2.77. The van der Waals surface area contributed by atoms with E-state index in [0.29, 0.717) is 0 Å². The molecule has 0 saturated heterocycles. The summed E-state index contributed by atoms with van der Waals surface area (Å²) >= 11 is 1.93. The minimum absolute atomic E-state index is 1.19. The van der Waals surface area contributed by atoms with Gasteiger partial charge in [-0.15, -0.1) is 0 Å². The van der Waals surface area contributed by atoms with E-state index in [1.807, 2.05) is 11.8 Å². The highest BCUT2D eigenvalue weighted by Gasteiger charge is 2.14. The molecule has 2 rings (SSSR count). The Morgan fingerprint density at radius 1 is 1.36 bits per heavy atom. The van der Waals surface area contributed by atoms with Crippen molar-refractivity contribution in [3.8, 4) is 0 Å². The van der Waals surface area contributed by atoms with Gasteiger partial charge in [-0.05, 0) is 30.7 Å². The van der Waals surface area contributed by atoms with E-state index in [1.54, 1.807) is 0 Å². The van der Waals surface area contributed by atoms with E-state index in [4.69, 9.17) is 0 Å². The van der Waals surface area contributed by atoms with Gasteiger partial charge in [0.15, 0.2) is 0 Å². The second-order valence-corrected chi connectivity index (χ2v) is 4.70. The van der Waals surface area contributed by atoms with Crippen molar-refractivity contribution in [1.82, 2.24) is 0 Å². The molecule has 0 unspecified atom stereocenters. The molecule has 1 aromatic rings. The largest absolute Gasteiger partial charge is 0.370 e.